The molecule has 10 heteroatoms. The summed E-state index contributed by atoms with van der Waals surface area (Å²) >= 11 is 1.38. The zero-order valence-corrected chi connectivity index (χ0v) is 19.5. The van der Waals surface area contributed by atoms with Gasteiger partial charge in [-0.1, -0.05) is 30.3 Å². The molecule has 4 aromatic rings. The van der Waals surface area contributed by atoms with Gasteiger partial charge in [-0.15, -0.1) is 11.3 Å². The molecule has 3 heterocycles. The molecular weight excluding hydrogens is 464 g/mol. The zero-order valence-electron chi connectivity index (χ0n) is 18.7. The lowest BCUT2D eigenvalue weighted by Crippen LogP contribution is -2.49. The minimum atomic E-state index is -0.276. The summed E-state index contributed by atoms with van der Waals surface area (Å²) in [5, 5.41) is 12.4. The van der Waals surface area contributed by atoms with E-state index in [0.717, 1.165) is 16.8 Å². The molecule has 0 aliphatic carbocycles. The minimum Gasteiger partial charge on any atom is -0.353 e. The highest BCUT2D eigenvalue weighted by Gasteiger charge is 2.22. The number of rotatable bonds is 6. The third kappa shape index (κ3) is 5.12. The monoisotopic (exact) mass is 486 g/mol. The molecule has 0 atom stereocenters. The summed E-state index contributed by atoms with van der Waals surface area (Å²) in [6.45, 7) is 1.32. The Morgan fingerprint density at radius 3 is 2.66 bits per heavy atom. The van der Waals surface area contributed by atoms with Gasteiger partial charge < -0.3 is 15.5 Å². The lowest BCUT2D eigenvalue weighted by atomic mass is 10.1. The van der Waals surface area contributed by atoms with Crippen LogP contribution >= 0.6 is 11.3 Å². The SMILES string of the molecule is O=C1CN(C(=O)c2ccc(CNC(=O)c3csc(-c4cnn(-c5ccccc5)c4)n3)cc2)CCN1. The second-order valence-electron chi connectivity index (χ2n) is 8.00. The second-order valence-corrected chi connectivity index (χ2v) is 8.86. The van der Waals surface area contributed by atoms with E-state index in [1.54, 1.807) is 40.5 Å². The van der Waals surface area contributed by atoms with E-state index in [0.29, 0.717) is 35.9 Å². The molecule has 0 radical (unpaired) electrons. The van der Waals surface area contributed by atoms with E-state index >= 15 is 0 Å². The van der Waals surface area contributed by atoms with E-state index < -0.39 is 0 Å². The number of thiazole rings is 1. The van der Waals surface area contributed by atoms with Crippen LogP contribution in [-0.4, -0.2) is 57.0 Å². The van der Waals surface area contributed by atoms with Crippen LogP contribution in [0, 0.1) is 0 Å². The van der Waals surface area contributed by atoms with Crippen molar-refractivity contribution in [1.82, 2.24) is 30.3 Å². The molecule has 0 saturated carbocycles. The van der Waals surface area contributed by atoms with Gasteiger partial charge in [-0.05, 0) is 29.8 Å². The lowest BCUT2D eigenvalue weighted by Gasteiger charge is -2.26. The van der Waals surface area contributed by atoms with Gasteiger partial charge in [-0.25, -0.2) is 9.67 Å². The molecule has 1 aliphatic heterocycles. The molecule has 3 amide bonds. The molecule has 5 rings (SSSR count). The number of carbonyl (C=O) groups is 3. The molecule has 1 fully saturated rings. The van der Waals surface area contributed by atoms with Crippen LogP contribution in [0.3, 0.4) is 0 Å². The van der Waals surface area contributed by atoms with E-state index in [4.69, 9.17) is 0 Å². The fourth-order valence-electron chi connectivity index (χ4n) is 3.70. The van der Waals surface area contributed by atoms with Crippen LogP contribution < -0.4 is 10.6 Å². The number of hydrogen-bond donors (Lipinski definition) is 2. The van der Waals surface area contributed by atoms with Crippen molar-refractivity contribution in [2.24, 2.45) is 0 Å². The number of nitrogens with zero attached hydrogens (tertiary/aromatic N) is 4. The maximum Gasteiger partial charge on any atom is 0.271 e. The molecular formula is C25H22N6O3S. The average molecular weight is 487 g/mol. The number of benzene rings is 2. The number of piperazine rings is 1. The summed E-state index contributed by atoms with van der Waals surface area (Å²) < 4.78 is 1.77. The Bertz CT molecular complexity index is 1360. The molecule has 2 N–H and O–H groups in total. The van der Waals surface area contributed by atoms with Gasteiger partial charge in [-0.2, -0.15) is 5.10 Å². The minimum absolute atomic E-state index is 0.0688. The first-order chi connectivity index (χ1) is 17.1. The number of amides is 3. The van der Waals surface area contributed by atoms with Crippen LogP contribution in [0.1, 0.15) is 26.4 Å². The Morgan fingerprint density at radius 2 is 1.89 bits per heavy atom. The number of hydrogen-bond acceptors (Lipinski definition) is 6. The molecule has 0 unspecified atom stereocenters. The van der Waals surface area contributed by atoms with Crippen molar-refractivity contribution >= 4 is 29.1 Å². The van der Waals surface area contributed by atoms with E-state index in [9.17, 15) is 14.4 Å². The lowest BCUT2D eigenvalue weighted by molar-refractivity contribution is -0.123. The van der Waals surface area contributed by atoms with Gasteiger partial charge in [0, 0.05) is 42.3 Å². The highest BCUT2D eigenvalue weighted by Crippen LogP contribution is 2.24. The fourth-order valence-corrected chi connectivity index (χ4v) is 4.47. The fraction of sp³-hybridized carbons (Fsp3) is 0.160. The average Bonchev–Trinajstić information content (AvgIpc) is 3.58. The van der Waals surface area contributed by atoms with Crippen LogP contribution in [0.2, 0.25) is 0 Å². The predicted molar refractivity (Wildman–Crippen MR) is 131 cm³/mol. The van der Waals surface area contributed by atoms with E-state index in [1.165, 1.54) is 16.2 Å². The van der Waals surface area contributed by atoms with E-state index in [2.05, 4.69) is 20.7 Å². The molecule has 2 aromatic carbocycles. The van der Waals surface area contributed by atoms with Crippen LogP contribution in [0.4, 0.5) is 0 Å². The quantitative estimate of drug-likeness (QED) is 0.435. The predicted octanol–water partition coefficient (Wildman–Crippen LogP) is 2.50. The third-order valence-electron chi connectivity index (χ3n) is 5.57. The summed E-state index contributed by atoms with van der Waals surface area (Å²) in [6, 6.07) is 16.8. The molecule has 9 nitrogen and oxygen atoms in total. The van der Waals surface area contributed by atoms with Crippen molar-refractivity contribution in [3.8, 4) is 16.3 Å². The standard InChI is InChI=1S/C25H22N6O3S/c32-22-15-30(11-10-26-22)25(34)18-8-6-17(7-9-18)12-27-23(33)21-16-35-24(29-21)19-13-28-31(14-19)20-4-2-1-3-5-20/h1-9,13-14,16H,10-12,15H2,(H,26,32)(H,27,33). The Kier molecular flexibility index (Phi) is 6.36. The summed E-state index contributed by atoms with van der Waals surface area (Å²) in [4.78, 5) is 42.7. The number of nitrogens with one attached hydrogen (secondary N) is 2. The van der Waals surface area contributed by atoms with E-state index in [-0.39, 0.29) is 24.3 Å². The van der Waals surface area contributed by atoms with Gasteiger partial charge in [0.15, 0.2) is 0 Å². The molecule has 35 heavy (non-hydrogen) atoms. The summed E-state index contributed by atoms with van der Waals surface area (Å²) in [5.41, 5.74) is 3.49. The Balaban J connectivity index is 1.18. The Labute approximate surface area is 205 Å². The second kappa shape index (κ2) is 9.90. The summed E-state index contributed by atoms with van der Waals surface area (Å²) in [7, 11) is 0. The van der Waals surface area contributed by atoms with Crippen LogP contribution in [0.25, 0.3) is 16.3 Å². The van der Waals surface area contributed by atoms with Gasteiger partial charge in [0.05, 0.1) is 18.4 Å². The van der Waals surface area contributed by atoms with Crippen molar-refractivity contribution in [3.63, 3.8) is 0 Å². The molecule has 0 bridgehead atoms. The van der Waals surface area contributed by atoms with Gasteiger partial charge >= 0.3 is 0 Å². The molecule has 2 aromatic heterocycles. The molecule has 1 aliphatic rings. The van der Waals surface area contributed by atoms with Crippen molar-refractivity contribution in [3.05, 3.63) is 89.2 Å². The summed E-state index contributed by atoms with van der Waals surface area (Å²) in [5.74, 6) is -0.609. The van der Waals surface area contributed by atoms with Crippen molar-refractivity contribution < 1.29 is 14.4 Å². The van der Waals surface area contributed by atoms with Gasteiger partial charge in [0.25, 0.3) is 11.8 Å². The molecule has 1 saturated heterocycles. The highest BCUT2D eigenvalue weighted by molar-refractivity contribution is 7.13. The Morgan fingerprint density at radius 1 is 1.09 bits per heavy atom. The smallest absolute Gasteiger partial charge is 0.271 e. The van der Waals surface area contributed by atoms with E-state index in [1.807, 2.05) is 36.5 Å². The van der Waals surface area contributed by atoms with Crippen LogP contribution in [-0.2, 0) is 11.3 Å². The van der Waals surface area contributed by atoms with Crippen LogP contribution in [0.5, 0.6) is 0 Å². The van der Waals surface area contributed by atoms with Crippen molar-refractivity contribution in [2.45, 2.75) is 6.54 Å². The molecule has 0 spiro atoms. The maximum absolute atomic E-state index is 12.6. The number of para-hydroxylation sites is 1. The van der Waals surface area contributed by atoms with Gasteiger partial charge in [0.1, 0.15) is 10.7 Å². The summed E-state index contributed by atoms with van der Waals surface area (Å²) in [6.07, 6.45) is 3.61. The first kappa shape index (κ1) is 22.5. The third-order valence-corrected chi connectivity index (χ3v) is 6.46. The van der Waals surface area contributed by atoms with Crippen molar-refractivity contribution in [2.75, 3.05) is 19.6 Å². The number of aromatic nitrogens is 3. The zero-order chi connectivity index (χ0) is 24.2. The van der Waals surface area contributed by atoms with Crippen molar-refractivity contribution in [1.29, 1.82) is 0 Å². The topological polar surface area (TPSA) is 109 Å². The molecule has 176 valence electrons. The largest absolute Gasteiger partial charge is 0.353 e. The Hall–Kier alpha value is -4.31. The van der Waals surface area contributed by atoms with Gasteiger partial charge in [-0.3, -0.25) is 14.4 Å². The maximum atomic E-state index is 12.6. The number of carbonyl (C=O) groups excluding carboxylic acids is 3. The first-order valence-corrected chi connectivity index (χ1v) is 11.9. The van der Waals surface area contributed by atoms with Crippen LogP contribution in [0.15, 0.2) is 72.4 Å². The highest BCUT2D eigenvalue weighted by atomic mass is 32.1. The first-order valence-electron chi connectivity index (χ1n) is 11.1. The van der Waals surface area contributed by atoms with Gasteiger partial charge in [0.2, 0.25) is 5.91 Å². The normalized spacial score (nSPS) is 13.4.